The van der Waals surface area contributed by atoms with Crippen molar-refractivity contribution in [3.05, 3.63) is 251 Å². The molecule has 1 aliphatic rings. The van der Waals surface area contributed by atoms with Crippen LogP contribution in [0.1, 0.15) is 44.9 Å². The van der Waals surface area contributed by atoms with Gasteiger partial charge in [-0.25, -0.2) is 0 Å². The van der Waals surface area contributed by atoms with Crippen LogP contribution in [0.4, 0.5) is 0 Å². The minimum absolute atomic E-state index is 0.101. The second-order valence-electron chi connectivity index (χ2n) is 12.4. The van der Waals surface area contributed by atoms with Crippen LogP contribution in [0.15, 0.2) is 212 Å². The van der Waals surface area contributed by atoms with Crippen LogP contribution in [0.2, 0.25) is 0 Å². The van der Waals surface area contributed by atoms with E-state index < -0.39 is 0 Å². The highest BCUT2D eigenvalue weighted by molar-refractivity contribution is 6.35. The van der Waals surface area contributed by atoms with Crippen molar-refractivity contribution >= 4 is 33.4 Å². The van der Waals surface area contributed by atoms with Crippen LogP contribution in [0.5, 0.6) is 0 Å². The number of allylic oxidation sites excluding steroid dienone is 6. The molecule has 0 spiro atoms. The fraction of sp³-hybridized carbons (Fsp3) is 0.0204. The Kier molecular flexibility index (Phi) is 8.52. The molecule has 0 fully saturated rings. The van der Waals surface area contributed by atoms with E-state index in [1.54, 1.807) is 0 Å². The summed E-state index contributed by atoms with van der Waals surface area (Å²) in [6, 6.07) is 77.2. The zero-order chi connectivity index (χ0) is 32.8. The second-order valence-corrected chi connectivity index (χ2v) is 12.4. The third kappa shape index (κ3) is 5.90. The van der Waals surface area contributed by atoms with Crippen molar-refractivity contribution in [1.82, 2.24) is 0 Å². The Balaban J connectivity index is 1.70. The van der Waals surface area contributed by atoms with Crippen molar-refractivity contribution in [3.63, 3.8) is 0 Å². The molecule has 49 heavy (non-hydrogen) atoms. The molecule has 8 rings (SSSR count). The van der Waals surface area contributed by atoms with E-state index in [9.17, 15) is 0 Å². The molecule has 0 unspecified atom stereocenters. The normalized spacial score (nSPS) is 13.8. The van der Waals surface area contributed by atoms with Crippen LogP contribution in [-0.2, 0) is 0 Å². The third-order valence-corrected chi connectivity index (χ3v) is 9.42. The zero-order valence-electron chi connectivity index (χ0n) is 27.3. The molecule has 0 heterocycles. The summed E-state index contributed by atoms with van der Waals surface area (Å²) in [6.45, 7) is 0. The summed E-state index contributed by atoms with van der Waals surface area (Å²) in [5.41, 5.74) is 15.9. The van der Waals surface area contributed by atoms with E-state index in [-0.39, 0.29) is 5.92 Å². The SMILES string of the molecule is c1ccc(C2=C(c3ccccc3)C(c3ccccc3)=C(c3ccccc3)C(c3ccccc3)C(c3ccccc3)=C2c2ccccc2)cc1. The molecule has 0 saturated heterocycles. The van der Waals surface area contributed by atoms with Gasteiger partial charge in [0.25, 0.3) is 0 Å². The average molecular weight is 625 g/mol. The summed E-state index contributed by atoms with van der Waals surface area (Å²) >= 11 is 0. The summed E-state index contributed by atoms with van der Waals surface area (Å²) in [5, 5.41) is 0. The Labute approximate surface area is 289 Å². The first-order chi connectivity index (χ1) is 24.4. The maximum absolute atomic E-state index is 2.30. The van der Waals surface area contributed by atoms with Crippen molar-refractivity contribution in [2.45, 2.75) is 5.92 Å². The second kappa shape index (κ2) is 13.9. The Morgan fingerprint density at radius 2 is 0.429 bits per heavy atom. The molecule has 1 aliphatic carbocycles. The van der Waals surface area contributed by atoms with Crippen molar-refractivity contribution < 1.29 is 0 Å². The Bertz CT molecular complexity index is 2100. The molecular formula is C49H36. The minimum Gasteiger partial charge on any atom is -0.0622 e. The standard InChI is InChI=1S/C49H36/c1-8-22-36(23-9-1)43-44(37-24-10-2-11-25-37)46(39-28-14-4-15-29-39)48(41-32-18-6-19-33-41)49(42-34-20-7-21-35-42)47(40-30-16-5-17-31-40)45(43)38-26-12-3-13-27-38/h1-35,43H. The number of hydrogen-bond acceptors (Lipinski definition) is 0. The van der Waals surface area contributed by atoms with Gasteiger partial charge in [0.05, 0.1) is 0 Å². The predicted octanol–water partition coefficient (Wildman–Crippen LogP) is 12.6. The number of hydrogen-bond donors (Lipinski definition) is 0. The highest BCUT2D eigenvalue weighted by Crippen LogP contribution is 2.58. The van der Waals surface area contributed by atoms with Crippen LogP contribution in [0, 0.1) is 0 Å². The zero-order valence-corrected chi connectivity index (χ0v) is 27.3. The lowest BCUT2D eigenvalue weighted by Gasteiger charge is -2.29. The Morgan fingerprint density at radius 3 is 0.714 bits per heavy atom. The van der Waals surface area contributed by atoms with E-state index in [1.807, 2.05) is 0 Å². The molecule has 0 heteroatoms. The van der Waals surface area contributed by atoms with Gasteiger partial charge in [-0.2, -0.15) is 0 Å². The van der Waals surface area contributed by atoms with E-state index in [0.29, 0.717) is 0 Å². The summed E-state index contributed by atoms with van der Waals surface area (Å²) in [6.07, 6.45) is 0. The average Bonchev–Trinajstić information content (AvgIpc) is 3.34. The van der Waals surface area contributed by atoms with Gasteiger partial charge in [0.2, 0.25) is 0 Å². The highest BCUT2D eigenvalue weighted by Gasteiger charge is 2.36. The quantitative estimate of drug-likeness (QED) is 0.165. The number of benzene rings is 7. The maximum Gasteiger partial charge on any atom is 0.0364 e. The fourth-order valence-electron chi connectivity index (χ4n) is 7.38. The van der Waals surface area contributed by atoms with Gasteiger partial charge in [-0.05, 0) is 72.4 Å². The molecule has 232 valence electrons. The fourth-order valence-corrected chi connectivity index (χ4v) is 7.38. The molecule has 7 aromatic rings. The molecule has 0 bridgehead atoms. The third-order valence-electron chi connectivity index (χ3n) is 9.42. The maximum atomic E-state index is 2.30. The molecular weight excluding hydrogens is 589 g/mol. The van der Waals surface area contributed by atoms with E-state index in [4.69, 9.17) is 0 Å². The van der Waals surface area contributed by atoms with Gasteiger partial charge in [-0.3, -0.25) is 0 Å². The molecule has 7 aromatic carbocycles. The monoisotopic (exact) mass is 624 g/mol. The molecule has 0 N–H and O–H groups in total. The van der Waals surface area contributed by atoms with Crippen LogP contribution < -0.4 is 0 Å². The predicted molar refractivity (Wildman–Crippen MR) is 208 cm³/mol. The van der Waals surface area contributed by atoms with Gasteiger partial charge in [-0.1, -0.05) is 212 Å². The van der Waals surface area contributed by atoms with Crippen molar-refractivity contribution in [2.75, 3.05) is 0 Å². The van der Waals surface area contributed by atoms with E-state index in [1.165, 1.54) is 72.4 Å². The van der Waals surface area contributed by atoms with Gasteiger partial charge in [0.1, 0.15) is 0 Å². The molecule has 0 nitrogen and oxygen atoms in total. The lowest BCUT2D eigenvalue weighted by atomic mass is 9.74. The summed E-state index contributed by atoms with van der Waals surface area (Å²) < 4.78 is 0. The Morgan fingerprint density at radius 1 is 0.204 bits per heavy atom. The first kappa shape index (κ1) is 30.1. The van der Waals surface area contributed by atoms with E-state index >= 15 is 0 Å². The van der Waals surface area contributed by atoms with Gasteiger partial charge in [0, 0.05) is 5.92 Å². The smallest absolute Gasteiger partial charge is 0.0364 e. The van der Waals surface area contributed by atoms with Crippen LogP contribution in [-0.4, -0.2) is 0 Å². The molecule has 0 radical (unpaired) electrons. The summed E-state index contributed by atoms with van der Waals surface area (Å²) in [5.74, 6) is -0.101. The van der Waals surface area contributed by atoms with Crippen molar-refractivity contribution in [3.8, 4) is 0 Å². The first-order valence-corrected chi connectivity index (χ1v) is 17.0. The minimum atomic E-state index is -0.101. The molecule has 0 aromatic heterocycles. The van der Waals surface area contributed by atoms with E-state index in [0.717, 1.165) is 0 Å². The Hall–Kier alpha value is -6.24. The number of rotatable bonds is 7. The molecule has 0 saturated carbocycles. The van der Waals surface area contributed by atoms with Crippen molar-refractivity contribution in [2.24, 2.45) is 0 Å². The highest BCUT2D eigenvalue weighted by atomic mass is 14.4. The molecule has 0 amide bonds. The topological polar surface area (TPSA) is 0 Å². The lowest BCUT2D eigenvalue weighted by molar-refractivity contribution is 1.13. The summed E-state index contributed by atoms with van der Waals surface area (Å²) in [7, 11) is 0. The lowest BCUT2D eigenvalue weighted by Crippen LogP contribution is -2.09. The van der Waals surface area contributed by atoms with Gasteiger partial charge in [0.15, 0.2) is 0 Å². The van der Waals surface area contributed by atoms with Gasteiger partial charge >= 0.3 is 0 Å². The van der Waals surface area contributed by atoms with Crippen LogP contribution >= 0.6 is 0 Å². The summed E-state index contributed by atoms with van der Waals surface area (Å²) in [4.78, 5) is 0. The van der Waals surface area contributed by atoms with E-state index in [2.05, 4.69) is 212 Å². The molecule has 0 aliphatic heterocycles. The van der Waals surface area contributed by atoms with Crippen LogP contribution in [0.25, 0.3) is 33.4 Å². The van der Waals surface area contributed by atoms with Crippen molar-refractivity contribution in [1.29, 1.82) is 0 Å². The van der Waals surface area contributed by atoms with Gasteiger partial charge in [-0.15, -0.1) is 0 Å². The van der Waals surface area contributed by atoms with Crippen LogP contribution in [0.3, 0.4) is 0 Å². The molecule has 0 atom stereocenters. The van der Waals surface area contributed by atoms with Gasteiger partial charge < -0.3 is 0 Å². The largest absolute Gasteiger partial charge is 0.0622 e. The first-order valence-electron chi connectivity index (χ1n) is 17.0.